The van der Waals surface area contributed by atoms with Crippen molar-refractivity contribution in [3.63, 3.8) is 0 Å². The normalized spacial score (nSPS) is 12.5. The minimum absolute atomic E-state index is 0.350. The Kier molecular flexibility index (Phi) is 3.47. The first kappa shape index (κ1) is 10.7. The lowest BCUT2D eigenvalue weighted by molar-refractivity contribution is -0.146. The lowest BCUT2D eigenvalue weighted by atomic mass is 10.1. The summed E-state index contributed by atoms with van der Waals surface area (Å²) in [5.41, 5.74) is 0.350. The third-order valence-electron chi connectivity index (χ3n) is 1.49. The van der Waals surface area contributed by atoms with Crippen LogP contribution in [0, 0.1) is 0 Å². The molecule has 0 amide bonds. The number of carbonyl (C=O) groups is 1. The lowest BCUT2D eigenvalue weighted by Crippen LogP contribution is -2.10. The first-order chi connectivity index (χ1) is 6.02. The van der Waals surface area contributed by atoms with Crippen LogP contribution >= 0.6 is 31.9 Å². The van der Waals surface area contributed by atoms with Crippen LogP contribution in [0.15, 0.2) is 27.1 Å². The van der Waals surface area contributed by atoms with Gasteiger partial charge in [0, 0.05) is 8.95 Å². The summed E-state index contributed by atoms with van der Waals surface area (Å²) < 4.78 is 1.53. The molecule has 1 atom stereocenters. The van der Waals surface area contributed by atoms with Crippen LogP contribution in [-0.2, 0) is 4.79 Å². The van der Waals surface area contributed by atoms with Gasteiger partial charge in [0.1, 0.15) is 0 Å². The number of carboxylic acid groups (broad SMARTS) is 1. The van der Waals surface area contributed by atoms with Crippen LogP contribution in [0.3, 0.4) is 0 Å². The summed E-state index contributed by atoms with van der Waals surface area (Å²) in [7, 11) is 0. The van der Waals surface area contributed by atoms with Gasteiger partial charge in [0.05, 0.1) is 0 Å². The topological polar surface area (TPSA) is 57.5 Å². The van der Waals surface area contributed by atoms with E-state index in [1.54, 1.807) is 18.2 Å². The molecule has 0 aliphatic heterocycles. The van der Waals surface area contributed by atoms with Gasteiger partial charge >= 0.3 is 5.97 Å². The maximum absolute atomic E-state index is 10.4. The van der Waals surface area contributed by atoms with Gasteiger partial charge in [-0.25, -0.2) is 4.79 Å². The van der Waals surface area contributed by atoms with Crippen LogP contribution in [0.5, 0.6) is 0 Å². The first-order valence-electron chi connectivity index (χ1n) is 3.38. The zero-order valence-electron chi connectivity index (χ0n) is 6.37. The molecular formula is C8H6Br2O3. The highest BCUT2D eigenvalue weighted by atomic mass is 79.9. The van der Waals surface area contributed by atoms with E-state index in [1.807, 2.05) is 0 Å². The summed E-state index contributed by atoms with van der Waals surface area (Å²) in [5, 5.41) is 17.7. The highest BCUT2D eigenvalue weighted by Gasteiger charge is 2.16. The van der Waals surface area contributed by atoms with E-state index >= 15 is 0 Å². The fourth-order valence-corrected chi connectivity index (χ4v) is 1.47. The minimum Gasteiger partial charge on any atom is -0.479 e. The minimum atomic E-state index is -1.47. The lowest BCUT2D eigenvalue weighted by Gasteiger charge is -2.06. The van der Waals surface area contributed by atoms with Gasteiger partial charge in [0.2, 0.25) is 0 Å². The zero-order chi connectivity index (χ0) is 10.0. The Labute approximate surface area is 91.6 Å². The quantitative estimate of drug-likeness (QED) is 0.881. The van der Waals surface area contributed by atoms with Crippen molar-refractivity contribution in [2.75, 3.05) is 0 Å². The Bertz CT molecular complexity index is 338. The molecule has 70 valence electrons. The summed E-state index contributed by atoms with van der Waals surface area (Å²) in [6, 6.07) is 4.78. The van der Waals surface area contributed by atoms with Crippen LogP contribution in [0.25, 0.3) is 0 Å². The van der Waals surface area contributed by atoms with E-state index in [0.29, 0.717) is 10.0 Å². The number of aliphatic hydroxyl groups is 1. The van der Waals surface area contributed by atoms with Crippen LogP contribution in [-0.4, -0.2) is 16.2 Å². The highest BCUT2D eigenvalue weighted by molar-refractivity contribution is 9.13. The zero-order valence-corrected chi connectivity index (χ0v) is 9.54. The number of rotatable bonds is 2. The van der Waals surface area contributed by atoms with Crippen LogP contribution in [0.1, 0.15) is 11.7 Å². The van der Waals surface area contributed by atoms with Crippen molar-refractivity contribution in [2.24, 2.45) is 0 Å². The maximum atomic E-state index is 10.4. The Morgan fingerprint density at radius 2 is 1.92 bits per heavy atom. The largest absolute Gasteiger partial charge is 0.479 e. The molecule has 0 radical (unpaired) electrons. The third-order valence-corrected chi connectivity index (χ3v) is 3.37. The second kappa shape index (κ2) is 4.21. The molecule has 0 spiro atoms. The van der Waals surface area contributed by atoms with Crippen molar-refractivity contribution in [3.8, 4) is 0 Å². The first-order valence-corrected chi connectivity index (χ1v) is 4.97. The van der Waals surface area contributed by atoms with Gasteiger partial charge in [-0.2, -0.15) is 0 Å². The van der Waals surface area contributed by atoms with Gasteiger partial charge in [-0.05, 0) is 49.6 Å². The summed E-state index contributed by atoms with van der Waals surface area (Å²) in [6.45, 7) is 0. The number of aliphatic hydroxyl groups excluding tert-OH is 1. The Balaban J connectivity index is 3.03. The predicted octanol–water partition coefficient (Wildman–Crippen LogP) is 2.33. The SMILES string of the molecule is O=C(O)[C@H](O)c1ccc(Br)c(Br)c1. The van der Waals surface area contributed by atoms with Crippen molar-refractivity contribution >= 4 is 37.8 Å². The second-order valence-corrected chi connectivity index (χ2v) is 4.12. The van der Waals surface area contributed by atoms with E-state index in [9.17, 15) is 9.90 Å². The molecule has 1 aromatic rings. The van der Waals surface area contributed by atoms with Gasteiger partial charge in [-0.15, -0.1) is 0 Å². The standard InChI is InChI=1S/C8H6Br2O3/c9-5-2-1-4(3-6(5)10)7(11)8(12)13/h1-3,7,11H,(H,12,13)/t7-/m1/s1. The van der Waals surface area contributed by atoms with Crippen molar-refractivity contribution in [1.82, 2.24) is 0 Å². The molecule has 5 heteroatoms. The maximum Gasteiger partial charge on any atom is 0.337 e. The van der Waals surface area contributed by atoms with E-state index in [0.717, 1.165) is 4.47 Å². The van der Waals surface area contributed by atoms with Crippen LogP contribution in [0.2, 0.25) is 0 Å². The number of carboxylic acids is 1. The Morgan fingerprint density at radius 3 is 2.38 bits per heavy atom. The van der Waals surface area contributed by atoms with E-state index in [1.165, 1.54) is 0 Å². The number of hydrogen-bond acceptors (Lipinski definition) is 2. The molecule has 0 bridgehead atoms. The average Bonchev–Trinajstić information content (AvgIpc) is 2.08. The molecule has 0 heterocycles. The number of hydrogen-bond donors (Lipinski definition) is 2. The Hall–Kier alpha value is -0.390. The van der Waals surface area contributed by atoms with Crippen LogP contribution in [0.4, 0.5) is 0 Å². The van der Waals surface area contributed by atoms with Crippen molar-refractivity contribution in [2.45, 2.75) is 6.10 Å². The van der Waals surface area contributed by atoms with Crippen molar-refractivity contribution < 1.29 is 15.0 Å². The van der Waals surface area contributed by atoms with Gasteiger partial charge in [0.15, 0.2) is 6.10 Å². The monoisotopic (exact) mass is 308 g/mol. The van der Waals surface area contributed by atoms with Gasteiger partial charge < -0.3 is 10.2 Å². The number of halogens is 2. The molecule has 1 rings (SSSR count). The fraction of sp³-hybridized carbons (Fsp3) is 0.125. The molecule has 0 aromatic heterocycles. The molecule has 0 aliphatic carbocycles. The van der Waals surface area contributed by atoms with E-state index < -0.39 is 12.1 Å². The van der Waals surface area contributed by atoms with E-state index in [2.05, 4.69) is 31.9 Å². The summed E-state index contributed by atoms with van der Waals surface area (Å²) >= 11 is 6.45. The van der Waals surface area contributed by atoms with E-state index in [-0.39, 0.29) is 0 Å². The molecule has 1 aromatic carbocycles. The third kappa shape index (κ3) is 2.52. The smallest absolute Gasteiger partial charge is 0.337 e. The van der Waals surface area contributed by atoms with E-state index in [4.69, 9.17) is 5.11 Å². The average molecular weight is 310 g/mol. The molecular weight excluding hydrogens is 304 g/mol. The molecule has 0 unspecified atom stereocenters. The van der Waals surface area contributed by atoms with Crippen molar-refractivity contribution in [1.29, 1.82) is 0 Å². The fourth-order valence-electron chi connectivity index (χ4n) is 0.825. The van der Waals surface area contributed by atoms with Crippen LogP contribution < -0.4 is 0 Å². The number of aliphatic carboxylic acids is 1. The molecule has 13 heavy (non-hydrogen) atoms. The molecule has 0 saturated carbocycles. The summed E-state index contributed by atoms with van der Waals surface area (Å²) in [6.07, 6.45) is -1.47. The summed E-state index contributed by atoms with van der Waals surface area (Å²) in [4.78, 5) is 10.4. The Morgan fingerprint density at radius 1 is 1.31 bits per heavy atom. The second-order valence-electron chi connectivity index (χ2n) is 2.41. The molecule has 2 N–H and O–H groups in total. The summed E-state index contributed by atoms with van der Waals surface area (Å²) in [5.74, 6) is -1.26. The van der Waals surface area contributed by atoms with Gasteiger partial charge in [0.25, 0.3) is 0 Å². The number of benzene rings is 1. The predicted molar refractivity (Wildman–Crippen MR) is 54.4 cm³/mol. The van der Waals surface area contributed by atoms with Crippen molar-refractivity contribution in [3.05, 3.63) is 32.7 Å². The van der Waals surface area contributed by atoms with Gasteiger partial charge in [-0.1, -0.05) is 6.07 Å². The molecule has 0 aliphatic rings. The molecule has 3 nitrogen and oxygen atoms in total. The molecule has 0 fully saturated rings. The van der Waals surface area contributed by atoms with Gasteiger partial charge in [-0.3, -0.25) is 0 Å². The molecule has 0 saturated heterocycles. The highest BCUT2D eigenvalue weighted by Crippen LogP contribution is 2.26.